The van der Waals surface area contributed by atoms with Gasteiger partial charge in [0.1, 0.15) is 3.70 Å². The molecule has 0 radical (unpaired) electrons. The highest BCUT2D eigenvalue weighted by molar-refractivity contribution is 14.1. The lowest BCUT2D eigenvalue weighted by atomic mass is 9.97. The molecule has 0 amide bonds. The molecule has 0 spiro atoms. The lowest BCUT2D eigenvalue weighted by Gasteiger charge is -2.28. The van der Waals surface area contributed by atoms with Gasteiger partial charge in [0, 0.05) is 6.54 Å². The molecule has 7 heteroatoms. The fraction of sp³-hybridized carbons (Fsp3) is 0.636. The van der Waals surface area contributed by atoms with E-state index < -0.39 is 0 Å². The summed E-state index contributed by atoms with van der Waals surface area (Å²) in [5, 5.41) is 8.91. The van der Waals surface area contributed by atoms with Crippen LogP contribution in [0, 0.1) is 9.62 Å². The molecule has 0 saturated carbocycles. The van der Waals surface area contributed by atoms with E-state index in [9.17, 15) is 0 Å². The van der Waals surface area contributed by atoms with Crippen LogP contribution in [0.2, 0.25) is 0 Å². The Hall–Kier alpha value is -0.410. The van der Waals surface area contributed by atoms with Crippen LogP contribution in [0.25, 0.3) is 4.96 Å². The summed E-state index contributed by atoms with van der Waals surface area (Å²) in [6.45, 7) is 3.46. The van der Waals surface area contributed by atoms with Gasteiger partial charge in [0.25, 0.3) is 0 Å². The molecule has 1 aliphatic heterocycles. The third kappa shape index (κ3) is 2.77. The molecule has 3 heterocycles. The maximum Gasteiger partial charge on any atom is 0.214 e. The van der Waals surface area contributed by atoms with Crippen LogP contribution < -0.4 is 5.32 Å². The minimum absolute atomic E-state index is 0.776. The van der Waals surface area contributed by atoms with Crippen molar-refractivity contribution in [1.29, 1.82) is 0 Å². The highest BCUT2D eigenvalue weighted by Gasteiger charge is 2.17. The maximum absolute atomic E-state index is 4.48. The number of rotatable bonds is 3. The van der Waals surface area contributed by atoms with E-state index in [0.29, 0.717) is 0 Å². The number of hydrogen-bond acceptors (Lipinski definition) is 5. The molecule has 0 atom stereocenters. The van der Waals surface area contributed by atoms with Gasteiger partial charge in [-0.05, 0) is 61.5 Å². The maximum atomic E-state index is 4.48. The average molecular weight is 377 g/mol. The molecule has 1 saturated heterocycles. The zero-order chi connectivity index (χ0) is 12.5. The van der Waals surface area contributed by atoms with Gasteiger partial charge in [0.2, 0.25) is 10.1 Å². The number of imidazole rings is 1. The van der Waals surface area contributed by atoms with Gasteiger partial charge in [-0.2, -0.15) is 0 Å². The smallest absolute Gasteiger partial charge is 0.214 e. The molecule has 1 N–H and O–H groups in total. The van der Waals surface area contributed by atoms with E-state index in [1.165, 1.54) is 25.9 Å². The Bertz CT molecular complexity index is 497. The highest BCUT2D eigenvalue weighted by Crippen LogP contribution is 2.22. The summed E-state index contributed by atoms with van der Waals surface area (Å²) in [7, 11) is 2.20. The summed E-state index contributed by atoms with van der Waals surface area (Å²) >= 11 is 3.83. The molecule has 1 fully saturated rings. The molecule has 98 valence electrons. The summed E-state index contributed by atoms with van der Waals surface area (Å²) < 4.78 is 2.84. The van der Waals surface area contributed by atoms with Crippen LogP contribution >= 0.6 is 33.9 Å². The quantitative estimate of drug-likeness (QED) is 0.833. The largest absolute Gasteiger partial charge is 0.360 e. The molecular formula is C11H16IN5S. The van der Waals surface area contributed by atoms with Gasteiger partial charge in [-0.15, -0.1) is 5.10 Å². The summed E-state index contributed by atoms with van der Waals surface area (Å²) in [6, 6.07) is 0. The Balaban J connectivity index is 1.57. The summed E-state index contributed by atoms with van der Waals surface area (Å²) in [6.07, 6.45) is 4.51. The molecule has 2 aromatic heterocycles. The van der Waals surface area contributed by atoms with E-state index in [0.717, 1.165) is 26.3 Å². The third-order valence-corrected chi connectivity index (χ3v) is 4.79. The molecule has 0 aromatic carbocycles. The van der Waals surface area contributed by atoms with Crippen LogP contribution in [-0.4, -0.2) is 46.2 Å². The molecular weight excluding hydrogens is 361 g/mol. The second kappa shape index (κ2) is 5.30. The van der Waals surface area contributed by atoms with Crippen molar-refractivity contribution < 1.29 is 0 Å². The Labute approximate surface area is 124 Å². The number of hydrogen-bond donors (Lipinski definition) is 1. The lowest BCUT2D eigenvalue weighted by molar-refractivity contribution is 0.226. The Morgan fingerprint density at radius 2 is 2.28 bits per heavy atom. The van der Waals surface area contributed by atoms with Crippen molar-refractivity contribution in [3.8, 4) is 0 Å². The molecule has 0 aliphatic carbocycles. The predicted octanol–water partition coefficient (Wildman–Crippen LogP) is 2.15. The van der Waals surface area contributed by atoms with Gasteiger partial charge >= 0.3 is 0 Å². The monoisotopic (exact) mass is 377 g/mol. The van der Waals surface area contributed by atoms with Gasteiger partial charge in [-0.3, -0.25) is 0 Å². The molecule has 2 aromatic rings. The van der Waals surface area contributed by atoms with Crippen LogP contribution in [0.1, 0.15) is 12.8 Å². The van der Waals surface area contributed by atoms with E-state index in [1.54, 1.807) is 11.3 Å². The molecule has 18 heavy (non-hydrogen) atoms. The first kappa shape index (κ1) is 12.6. The van der Waals surface area contributed by atoms with Crippen molar-refractivity contribution in [1.82, 2.24) is 19.5 Å². The summed E-state index contributed by atoms with van der Waals surface area (Å²) in [4.78, 5) is 7.76. The number of piperidine rings is 1. The van der Waals surface area contributed by atoms with E-state index in [-0.39, 0.29) is 0 Å². The van der Waals surface area contributed by atoms with Gasteiger partial charge in [0.15, 0.2) is 0 Å². The third-order valence-electron chi connectivity index (χ3n) is 3.39. The second-order valence-electron chi connectivity index (χ2n) is 4.83. The van der Waals surface area contributed by atoms with E-state index in [1.807, 2.05) is 10.7 Å². The first-order chi connectivity index (χ1) is 8.70. The van der Waals surface area contributed by atoms with Gasteiger partial charge in [-0.1, -0.05) is 11.3 Å². The fourth-order valence-corrected chi connectivity index (χ4v) is 3.69. The minimum Gasteiger partial charge on any atom is -0.360 e. The Morgan fingerprint density at radius 3 is 3.00 bits per heavy atom. The molecule has 5 nitrogen and oxygen atoms in total. The van der Waals surface area contributed by atoms with Crippen molar-refractivity contribution in [3.05, 3.63) is 9.90 Å². The zero-order valence-electron chi connectivity index (χ0n) is 10.3. The van der Waals surface area contributed by atoms with Crippen molar-refractivity contribution in [2.24, 2.45) is 5.92 Å². The number of likely N-dealkylation sites (tertiary alicyclic amines) is 1. The van der Waals surface area contributed by atoms with Crippen LogP contribution in [0.5, 0.6) is 0 Å². The SMILES string of the molecule is CN1CCC(CNc2nn3cc(I)nc3s2)CC1. The average Bonchev–Trinajstić information content (AvgIpc) is 2.85. The van der Waals surface area contributed by atoms with Gasteiger partial charge < -0.3 is 10.2 Å². The predicted molar refractivity (Wildman–Crippen MR) is 82.3 cm³/mol. The van der Waals surface area contributed by atoms with Crippen LogP contribution in [0.15, 0.2) is 6.20 Å². The lowest BCUT2D eigenvalue weighted by Crippen LogP contribution is -2.32. The fourth-order valence-electron chi connectivity index (χ4n) is 2.24. The van der Waals surface area contributed by atoms with Crippen LogP contribution in [0.3, 0.4) is 0 Å². The first-order valence-corrected chi connectivity index (χ1v) is 8.04. The number of nitrogens with zero attached hydrogens (tertiary/aromatic N) is 4. The van der Waals surface area contributed by atoms with Crippen molar-refractivity contribution >= 4 is 44.0 Å². The number of fused-ring (bicyclic) bond motifs is 1. The normalized spacial score (nSPS) is 18.6. The second-order valence-corrected chi connectivity index (χ2v) is 6.89. The molecule has 0 unspecified atom stereocenters. The zero-order valence-corrected chi connectivity index (χ0v) is 13.2. The Kier molecular flexibility index (Phi) is 3.71. The summed E-state index contributed by atoms with van der Waals surface area (Å²) in [5.74, 6) is 0.776. The van der Waals surface area contributed by atoms with Crippen molar-refractivity contribution in [2.45, 2.75) is 12.8 Å². The first-order valence-electron chi connectivity index (χ1n) is 6.15. The molecule has 3 rings (SSSR count). The van der Waals surface area contributed by atoms with Crippen LogP contribution in [-0.2, 0) is 0 Å². The number of halogens is 1. The van der Waals surface area contributed by atoms with Crippen molar-refractivity contribution in [3.63, 3.8) is 0 Å². The number of nitrogens with one attached hydrogen (secondary N) is 1. The highest BCUT2D eigenvalue weighted by atomic mass is 127. The Morgan fingerprint density at radius 1 is 1.50 bits per heavy atom. The van der Waals surface area contributed by atoms with E-state index in [4.69, 9.17) is 0 Å². The standard InChI is InChI=1S/C11H16IN5S/c1-16-4-2-8(3-5-16)6-13-10-15-17-7-9(12)14-11(17)18-10/h7-8H,2-6H2,1H3,(H,13,15). The number of aromatic nitrogens is 3. The topological polar surface area (TPSA) is 45.5 Å². The van der Waals surface area contributed by atoms with E-state index in [2.05, 4.69) is 49.9 Å². The van der Waals surface area contributed by atoms with Gasteiger partial charge in [0.05, 0.1) is 6.20 Å². The van der Waals surface area contributed by atoms with Gasteiger partial charge in [-0.25, -0.2) is 9.50 Å². The molecule has 0 bridgehead atoms. The molecule has 1 aliphatic rings. The van der Waals surface area contributed by atoms with Crippen LogP contribution in [0.4, 0.5) is 5.13 Å². The van der Waals surface area contributed by atoms with E-state index >= 15 is 0 Å². The van der Waals surface area contributed by atoms with Crippen molar-refractivity contribution in [2.75, 3.05) is 32.0 Å². The minimum atomic E-state index is 0.776. The summed E-state index contributed by atoms with van der Waals surface area (Å²) in [5.41, 5.74) is 0. The number of anilines is 1.